The first-order chi connectivity index (χ1) is 12.4. The minimum atomic E-state index is -0.792. The SMILES string of the molecule is Cc1cc(O)c(C2N=C(NC#N)Nc3nc(N)c(C#N)c(N)c32)cc1Br. The van der Waals surface area contributed by atoms with Crippen molar-refractivity contribution in [2.45, 2.75) is 13.0 Å². The Morgan fingerprint density at radius 2 is 2.08 bits per heavy atom. The summed E-state index contributed by atoms with van der Waals surface area (Å²) in [5.74, 6) is 0.339. The molecule has 1 aliphatic heterocycles. The van der Waals surface area contributed by atoms with Crippen molar-refractivity contribution in [3.8, 4) is 18.0 Å². The van der Waals surface area contributed by atoms with Crippen LogP contribution in [0.15, 0.2) is 21.6 Å². The molecule has 1 aromatic carbocycles. The van der Waals surface area contributed by atoms with Crippen molar-refractivity contribution in [1.82, 2.24) is 10.3 Å². The normalized spacial score (nSPS) is 15.1. The molecule has 1 unspecified atom stereocenters. The van der Waals surface area contributed by atoms with Crippen LogP contribution in [0.1, 0.15) is 28.3 Å². The second-order valence-corrected chi connectivity index (χ2v) is 6.42. The number of fused-ring (bicyclic) bond motifs is 1. The van der Waals surface area contributed by atoms with Gasteiger partial charge in [-0.3, -0.25) is 5.32 Å². The third-order valence-electron chi connectivity index (χ3n) is 3.96. The van der Waals surface area contributed by atoms with E-state index in [2.05, 4.69) is 36.5 Å². The molecule has 130 valence electrons. The van der Waals surface area contributed by atoms with Crippen LogP contribution in [0.4, 0.5) is 17.3 Å². The molecule has 0 saturated heterocycles. The molecule has 0 radical (unpaired) electrons. The van der Waals surface area contributed by atoms with E-state index in [4.69, 9.17) is 16.7 Å². The number of nitrogens with zero attached hydrogens (tertiary/aromatic N) is 4. The van der Waals surface area contributed by atoms with Crippen molar-refractivity contribution in [2.75, 3.05) is 16.8 Å². The summed E-state index contributed by atoms with van der Waals surface area (Å²) in [5.41, 5.74) is 13.8. The number of pyridine rings is 1. The summed E-state index contributed by atoms with van der Waals surface area (Å²) in [5, 5.41) is 33.9. The van der Waals surface area contributed by atoms with Gasteiger partial charge in [-0.05, 0) is 24.6 Å². The van der Waals surface area contributed by atoms with E-state index in [0.29, 0.717) is 11.1 Å². The molecule has 0 spiro atoms. The number of aryl methyl sites for hydroxylation is 1. The van der Waals surface area contributed by atoms with Crippen LogP contribution in [0, 0.1) is 29.7 Å². The Balaban J connectivity index is 2.30. The molecule has 0 aliphatic carbocycles. The van der Waals surface area contributed by atoms with Crippen molar-refractivity contribution < 1.29 is 5.11 Å². The maximum Gasteiger partial charge on any atom is 0.211 e. The van der Waals surface area contributed by atoms with Gasteiger partial charge in [-0.15, -0.1) is 0 Å². The van der Waals surface area contributed by atoms with E-state index < -0.39 is 6.04 Å². The van der Waals surface area contributed by atoms with Crippen LogP contribution in [0.2, 0.25) is 0 Å². The molecule has 9 nitrogen and oxygen atoms in total. The molecular weight excluding hydrogens is 400 g/mol. The molecule has 0 amide bonds. The van der Waals surface area contributed by atoms with Gasteiger partial charge in [-0.2, -0.15) is 10.5 Å². The lowest BCUT2D eigenvalue weighted by molar-refractivity contribution is 0.464. The highest BCUT2D eigenvalue weighted by atomic mass is 79.9. The molecule has 0 bridgehead atoms. The second kappa shape index (κ2) is 6.43. The van der Waals surface area contributed by atoms with E-state index in [1.54, 1.807) is 18.3 Å². The number of phenolic OH excluding ortho intramolecular Hbond substituents is 1. The van der Waals surface area contributed by atoms with E-state index in [9.17, 15) is 10.4 Å². The van der Waals surface area contributed by atoms with Crippen LogP contribution in [-0.4, -0.2) is 16.1 Å². The minimum Gasteiger partial charge on any atom is -0.508 e. The van der Waals surface area contributed by atoms with Crippen LogP contribution in [0.3, 0.4) is 0 Å². The maximum atomic E-state index is 10.4. The number of phenols is 1. The Labute approximate surface area is 157 Å². The number of aliphatic imine (C=N–C) groups is 1. The largest absolute Gasteiger partial charge is 0.508 e. The fourth-order valence-electron chi connectivity index (χ4n) is 2.71. The Hall–Kier alpha value is -3.50. The van der Waals surface area contributed by atoms with Crippen LogP contribution in [-0.2, 0) is 0 Å². The predicted molar refractivity (Wildman–Crippen MR) is 100.0 cm³/mol. The molecule has 2 aromatic rings. The zero-order chi connectivity index (χ0) is 19.0. The quantitative estimate of drug-likeness (QED) is 0.348. The number of anilines is 3. The number of hydrogen-bond acceptors (Lipinski definition) is 9. The summed E-state index contributed by atoms with van der Waals surface area (Å²) in [7, 11) is 0. The van der Waals surface area contributed by atoms with Crippen LogP contribution < -0.4 is 22.1 Å². The lowest BCUT2D eigenvalue weighted by atomic mass is 9.94. The Morgan fingerprint density at radius 1 is 1.35 bits per heavy atom. The van der Waals surface area contributed by atoms with Gasteiger partial charge in [0, 0.05) is 15.6 Å². The van der Waals surface area contributed by atoms with Gasteiger partial charge in [0.2, 0.25) is 5.96 Å². The number of nitrogens with two attached hydrogens (primary N) is 2. The summed E-state index contributed by atoms with van der Waals surface area (Å²) >= 11 is 3.43. The first kappa shape index (κ1) is 17.3. The van der Waals surface area contributed by atoms with Gasteiger partial charge in [0.15, 0.2) is 6.19 Å². The number of nitrogen functional groups attached to an aromatic ring is 2. The van der Waals surface area contributed by atoms with Gasteiger partial charge in [0.05, 0.1) is 5.69 Å². The predicted octanol–water partition coefficient (Wildman–Crippen LogP) is 1.84. The van der Waals surface area contributed by atoms with Crippen molar-refractivity contribution in [2.24, 2.45) is 4.99 Å². The van der Waals surface area contributed by atoms with E-state index in [-0.39, 0.29) is 34.6 Å². The van der Waals surface area contributed by atoms with E-state index in [0.717, 1.165) is 10.0 Å². The van der Waals surface area contributed by atoms with Crippen molar-refractivity contribution in [1.29, 1.82) is 10.5 Å². The van der Waals surface area contributed by atoms with Gasteiger partial charge in [-0.25, -0.2) is 9.98 Å². The minimum absolute atomic E-state index is 0.00154. The molecule has 0 saturated carbocycles. The average Bonchev–Trinajstić information content (AvgIpc) is 2.58. The fourth-order valence-corrected chi connectivity index (χ4v) is 3.07. The molecule has 7 N–H and O–H groups in total. The summed E-state index contributed by atoms with van der Waals surface area (Å²) < 4.78 is 0.762. The first-order valence-electron chi connectivity index (χ1n) is 7.35. The number of nitrogens with one attached hydrogen (secondary N) is 2. The number of aromatic hydroxyl groups is 1. The van der Waals surface area contributed by atoms with Gasteiger partial charge < -0.3 is 21.9 Å². The van der Waals surface area contributed by atoms with E-state index >= 15 is 0 Å². The molecule has 26 heavy (non-hydrogen) atoms. The molecule has 3 rings (SSSR count). The molecule has 1 aliphatic rings. The summed E-state index contributed by atoms with van der Waals surface area (Å²) in [6, 6.07) is 4.43. The average molecular weight is 413 g/mol. The zero-order valence-electron chi connectivity index (χ0n) is 13.5. The number of nitriles is 2. The molecule has 0 fully saturated rings. The van der Waals surface area contributed by atoms with Crippen LogP contribution in [0.5, 0.6) is 5.75 Å². The van der Waals surface area contributed by atoms with E-state index in [1.807, 2.05) is 13.0 Å². The number of hydrogen-bond donors (Lipinski definition) is 5. The zero-order valence-corrected chi connectivity index (χ0v) is 15.1. The molecule has 1 atom stereocenters. The number of rotatable bonds is 1. The van der Waals surface area contributed by atoms with Gasteiger partial charge >= 0.3 is 0 Å². The third kappa shape index (κ3) is 2.72. The highest BCUT2D eigenvalue weighted by Gasteiger charge is 2.31. The number of benzene rings is 1. The topological polar surface area (TPSA) is 169 Å². The van der Waals surface area contributed by atoms with Gasteiger partial charge in [-0.1, -0.05) is 15.9 Å². The summed E-state index contributed by atoms with van der Waals surface area (Å²) in [4.78, 5) is 8.57. The first-order valence-corrected chi connectivity index (χ1v) is 8.14. The third-order valence-corrected chi connectivity index (χ3v) is 4.81. The van der Waals surface area contributed by atoms with E-state index in [1.165, 1.54) is 0 Å². The lowest BCUT2D eigenvalue weighted by Crippen LogP contribution is -2.32. The van der Waals surface area contributed by atoms with Crippen LogP contribution >= 0.6 is 15.9 Å². The molecular formula is C16H13BrN8O. The van der Waals surface area contributed by atoms with Crippen molar-refractivity contribution in [3.63, 3.8) is 0 Å². The highest BCUT2D eigenvalue weighted by Crippen LogP contribution is 2.44. The fraction of sp³-hybridized carbons (Fsp3) is 0.125. The van der Waals surface area contributed by atoms with Crippen molar-refractivity contribution in [3.05, 3.63) is 38.9 Å². The second-order valence-electron chi connectivity index (χ2n) is 5.56. The summed E-state index contributed by atoms with van der Waals surface area (Å²) in [6.07, 6.45) is 1.77. The van der Waals surface area contributed by atoms with Gasteiger partial charge in [0.25, 0.3) is 0 Å². The Morgan fingerprint density at radius 3 is 2.73 bits per heavy atom. The molecule has 10 heteroatoms. The molecule has 1 aromatic heterocycles. The highest BCUT2D eigenvalue weighted by molar-refractivity contribution is 9.10. The van der Waals surface area contributed by atoms with Crippen molar-refractivity contribution >= 4 is 39.2 Å². The number of aromatic nitrogens is 1. The lowest BCUT2D eigenvalue weighted by Gasteiger charge is -2.26. The summed E-state index contributed by atoms with van der Waals surface area (Å²) in [6.45, 7) is 1.83. The monoisotopic (exact) mass is 412 g/mol. The van der Waals surface area contributed by atoms with Gasteiger partial charge in [0.1, 0.15) is 35.1 Å². The van der Waals surface area contributed by atoms with Crippen LogP contribution in [0.25, 0.3) is 0 Å². The Bertz CT molecular complexity index is 1030. The Kier molecular flexibility index (Phi) is 4.28. The standard InChI is InChI=1S/C16H13BrN8O/c1-6-2-10(26)7(3-9(6)17)13-11-12(20)8(4-18)14(21)24-15(11)25-16(23-13)22-5-19/h2-3,13,26H,1H3,(H6,20,21,22,23,24,25). The smallest absolute Gasteiger partial charge is 0.211 e. The number of halogens is 1. The number of guanidine groups is 1. The molecule has 2 heterocycles. The maximum absolute atomic E-state index is 10.4.